The molecule has 0 aromatic heterocycles. The Bertz CT molecular complexity index is 517. The monoisotopic (exact) mass is 258 g/mol. The number of rotatable bonds is 4. The number of hydrogen-bond acceptors (Lipinski definition) is 4. The van der Waals surface area contributed by atoms with Crippen LogP contribution >= 0.6 is 0 Å². The summed E-state index contributed by atoms with van der Waals surface area (Å²) in [5.41, 5.74) is -1.06. The fourth-order valence-corrected chi connectivity index (χ4v) is 1.98. The first-order chi connectivity index (χ1) is 7.71. The average Bonchev–Trinajstić information content (AvgIpc) is 2.26. The molecule has 0 radical (unpaired) electrons. The maximum absolute atomic E-state index is 11.2. The van der Waals surface area contributed by atoms with Crippen molar-refractivity contribution in [1.29, 1.82) is 0 Å². The third kappa shape index (κ3) is 2.65. The van der Waals surface area contributed by atoms with Crippen molar-refractivity contribution in [3.05, 3.63) is 29.8 Å². The molecule has 17 heavy (non-hydrogen) atoms. The number of carboxylic acids is 1. The fraction of sp³-hybridized carbons (Fsp3) is 0.364. The Morgan fingerprint density at radius 2 is 1.76 bits per heavy atom. The molecule has 0 amide bonds. The normalized spacial score (nSPS) is 15.2. The molecule has 0 aliphatic carbocycles. The lowest BCUT2D eigenvalue weighted by molar-refractivity contribution is -0.144. The van der Waals surface area contributed by atoms with Gasteiger partial charge in [0.1, 0.15) is 5.41 Å². The summed E-state index contributed by atoms with van der Waals surface area (Å²) in [4.78, 5) is 11.2. The minimum absolute atomic E-state index is 0.118. The molecule has 1 atom stereocenters. The first-order valence-corrected chi connectivity index (χ1v) is 6.76. The third-order valence-electron chi connectivity index (χ3n) is 2.71. The van der Waals surface area contributed by atoms with E-state index in [-0.39, 0.29) is 4.90 Å². The van der Waals surface area contributed by atoms with Crippen molar-refractivity contribution in [1.82, 2.24) is 0 Å². The van der Waals surface area contributed by atoms with Gasteiger partial charge < -0.3 is 10.2 Å². The summed E-state index contributed by atoms with van der Waals surface area (Å²) < 4.78 is 22.5. The second-order valence-electron chi connectivity index (χ2n) is 4.09. The van der Waals surface area contributed by atoms with Gasteiger partial charge in [-0.25, -0.2) is 8.42 Å². The van der Waals surface area contributed by atoms with Gasteiger partial charge in [-0.05, 0) is 24.6 Å². The molecule has 0 aliphatic heterocycles. The zero-order valence-corrected chi connectivity index (χ0v) is 10.4. The average molecular weight is 258 g/mol. The molecule has 1 aromatic carbocycles. The maximum Gasteiger partial charge on any atom is 0.316 e. The quantitative estimate of drug-likeness (QED) is 0.817. The lowest BCUT2D eigenvalue weighted by atomic mass is 9.83. The molecule has 0 bridgehead atoms. The second-order valence-corrected chi connectivity index (χ2v) is 6.11. The van der Waals surface area contributed by atoms with E-state index in [2.05, 4.69) is 0 Å². The van der Waals surface area contributed by atoms with Gasteiger partial charge in [-0.15, -0.1) is 0 Å². The SMILES string of the molecule is CC(CO)(C(=O)O)c1ccc(S(C)(=O)=O)cc1. The van der Waals surface area contributed by atoms with Gasteiger partial charge >= 0.3 is 5.97 Å². The predicted octanol–water partition coefficient (Wildman–Crippen LogP) is 0.425. The molecule has 5 nitrogen and oxygen atoms in total. The van der Waals surface area contributed by atoms with E-state index in [4.69, 9.17) is 10.2 Å². The van der Waals surface area contributed by atoms with Gasteiger partial charge in [-0.3, -0.25) is 4.79 Å². The number of hydrogen-bond donors (Lipinski definition) is 2. The highest BCUT2D eigenvalue weighted by atomic mass is 32.2. The Hall–Kier alpha value is -1.40. The molecule has 94 valence electrons. The van der Waals surface area contributed by atoms with Gasteiger partial charge in [0, 0.05) is 6.26 Å². The van der Waals surface area contributed by atoms with Crippen molar-refractivity contribution >= 4 is 15.8 Å². The zero-order valence-electron chi connectivity index (χ0n) is 9.54. The lowest BCUT2D eigenvalue weighted by Gasteiger charge is -2.22. The van der Waals surface area contributed by atoms with Crippen LogP contribution in [0.1, 0.15) is 12.5 Å². The molecule has 0 aliphatic rings. The van der Waals surface area contributed by atoms with E-state index in [9.17, 15) is 13.2 Å². The standard InChI is InChI=1S/C11H14O5S/c1-11(7-12,10(13)14)8-3-5-9(6-4-8)17(2,15)16/h3-6,12H,7H2,1-2H3,(H,13,14). The zero-order chi connectivity index (χ0) is 13.3. The number of aliphatic carboxylic acids is 1. The largest absolute Gasteiger partial charge is 0.481 e. The molecule has 6 heteroatoms. The van der Waals surface area contributed by atoms with Crippen LogP contribution in [-0.2, 0) is 20.0 Å². The van der Waals surface area contributed by atoms with Gasteiger partial charge in [-0.1, -0.05) is 12.1 Å². The van der Waals surface area contributed by atoms with Crippen molar-refractivity contribution in [2.45, 2.75) is 17.2 Å². The van der Waals surface area contributed by atoms with Crippen LogP contribution in [0.2, 0.25) is 0 Å². The Kier molecular flexibility index (Phi) is 3.59. The van der Waals surface area contributed by atoms with Crippen LogP contribution in [0.15, 0.2) is 29.2 Å². The van der Waals surface area contributed by atoms with Gasteiger partial charge in [0.25, 0.3) is 0 Å². The number of carboxylic acid groups (broad SMARTS) is 1. The molecule has 1 rings (SSSR count). The van der Waals surface area contributed by atoms with Crippen molar-refractivity contribution in [3.63, 3.8) is 0 Å². The van der Waals surface area contributed by atoms with Gasteiger partial charge in [-0.2, -0.15) is 0 Å². The molecular formula is C11H14O5S. The Morgan fingerprint density at radius 3 is 2.06 bits per heavy atom. The van der Waals surface area contributed by atoms with Crippen LogP contribution in [0.25, 0.3) is 0 Å². The van der Waals surface area contributed by atoms with Gasteiger partial charge in [0.15, 0.2) is 9.84 Å². The van der Waals surface area contributed by atoms with Gasteiger partial charge in [0.05, 0.1) is 11.5 Å². The fourth-order valence-electron chi connectivity index (χ4n) is 1.35. The summed E-state index contributed by atoms with van der Waals surface area (Å²) in [5.74, 6) is -1.16. The van der Waals surface area contributed by atoms with Crippen molar-refractivity contribution < 1.29 is 23.4 Å². The molecule has 0 spiro atoms. The summed E-state index contributed by atoms with van der Waals surface area (Å²) in [6.07, 6.45) is 1.07. The molecular weight excluding hydrogens is 244 g/mol. The minimum Gasteiger partial charge on any atom is -0.481 e. The molecule has 0 fully saturated rings. The smallest absolute Gasteiger partial charge is 0.316 e. The summed E-state index contributed by atoms with van der Waals surface area (Å²) in [7, 11) is -3.30. The number of aliphatic hydroxyl groups is 1. The van der Waals surface area contributed by atoms with Crippen LogP contribution < -0.4 is 0 Å². The van der Waals surface area contributed by atoms with E-state index in [0.29, 0.717) is 5.56 Å². The summed E-state index contributed by atoms with van der Waals surface area (Å²) in [5, 5.41) is 18.2. The van der Waals surface area contributed by atoms with Crippen molar-refractivity contribution in [2.75, 3.05) is 12.9 Å². The van der Waals surface area contributed by atoms with E-state index in [1.807, 2.05) is 0 Å². The van der Waals surface area contributed by atoms with E-state index >= 15 is 0 Å². The topological polar surface area (TPSA) is 91.7 Å². The summed E-state index contributed by atoms with van der Waals surface area (Å²) >= 11 is 0. The van der Waals surface area contributed by atoms with Crippen LogP contribution in [0.4, 0.5) is 0 Å². The predicted molar refractivity (Wildman–Crippen MR) is 61.6 cm³/mol. The van der Waals surface area contributed by atoms with E-state index in [1.165, 1.54) is 31.2 Å². The lowest BCUT2D eigenvalue weighted by Crippen LogP contribution is -2.36. The number of sulfone groups is 1. The van der Waals surface area contributed by atoms with Crippen LogP contribution in [-0.4, -0.2) is 37.5 Å². The molecule has 0 heterocycles. The molecule has 0 saturated carbocycles. The van der Waals surface area contributed by atoms with Crippen LogP contribution in [0, 0.1) is 0 Å². The molecule has 1 aromatic rings. The second kappa shape index (κ2) is 4.46. The molecule has 0 saturated heterocycles. The molecule has 1 unspecified atom stereocenters. The number of aliphatic hydroxyl groups excluding tert-OH is 1. The Morgan fingerprint density at radius 1 is 1.29 bits per heavy atom. The van der Waals surface area contributed by atoms with Gasteiger partial charge in [0.2, 0.25) is 0 Å². The van der Waals surface area contributed by atoms with Crippen LogP contribution in [0.5, 0.6) is 0 Å². The Labute approximate surface area is 99.6 Å². The van der Waals surface area contributed by atoms with E-state index in [1.54, 1.807) is 0 Å². The maximum atomic E-state index is 11.2. The highest BCUT2D eigenvalue weighted by Gasteiger charge is 2.34. The number of carbonyl (C=O) groups is 1. The van der Waals surface area contributed by atoms with Crippen molar-refractivity contribution in [2.24, 2.45) is 0 Å². The first-order valence-electron chi connectivity index (χ1n) is 4.86. The summed E-state index contributed by atoms with van der Waals surface area (Å²) in [6.45, 7) is 0.825. The first kappa shape index (κ1) is 13.7. The Balaban J connectivity index is 3.23. The van der Waals surface area contributed by atoms with Crippen molar-refractivity contribution in [3.8, 4) is 0 Å². The minimum atomic E-state index is -3.30. The van der Waals surface area contributed by atoms with E-state index in [0.717, 1.165) is 6.26 Å². The molecule has 2 N–H and O–H groups in total. The highest BCUT2D eigenvalue weighted by molar-refractivity contribution is 7.90. The van der Waals surface area contributed by atoms with E-state index < -0.39 is 27.8 Å². The number of benzene rings is 1. The van der Waals surface area contributed by atoms with Crippen LogP contribution in [0.3, 0.4) is 0 Å². The summed E-state index contributed by atoms with van der Waals surface area (Å²) in [6, 6.07) is 5.48. The highest BCUT2D eigenvalue weighted by Crippen LogP contribution is 2.24. The third-order valence-corrected chi connectivity index (χ3v) is 3.84.